The van der Waals surface area contributed by atoms with Crippen molar-refractivity contribution < 1.29 is 0 Å². The Hall–Kier alpha value is -5.66. The Balaban J connectivity index is 1.14. The lowest BCUT2D eigenvalue weighted by atomic mass is 9.74. The lowest BCUT2D eigenvalue weighted by molar-refractivity contribution is 0.876. The number of hydrogen-bond donors (Lipinski definition) is 0. The molecule has 0 saturated heterocycles. The third-order valence-electron chi connectivity index (χ3n) is 10.5. The number of nitrogens with zero attached hydrogens (tertiary/aromatic N) is 1. The minimum atomic E-state index is 1.06. The Morgan fingerprint density at radius 1 is 0.340 bits per heavy atom. The number of anilines is 3. The van der Waals surface area contributed by atoms with Crippen molar-refractivity contribution in [3.63, 3.8) is 0 Å². The van der Waals surface area contributed by atoms with Gasteiger partial charge in [-0.2, -0.15) is 0 Å². The summed E-state index contributed by atoms with van der Waals surface area (Å²) in [4.78, 5) is 2.50. The minimum absolute atomic E-state index is 1.06. The van der Waals surface area contributed by atoms with Crippen LogP contribution in [0.5, 0.6) is 0 Å². The van der Waals surface area contributed by atoms with E-state index in [0.717, 1.165) is 25.7 Å². The molecular formula is C46H33N. The highest BCUT2D eigenvalue weighted by molar-refractivity contribution is 6.14. The molecule has 0 fully saturated rings. The topological polar surface area (TPSA) is 3.24 Å². The first-order valence-corrected chi connectivity index (χ1v) is 16.9. The monoisotopic (exact) mass is 599 g/mol. The first-order valence-electron chi connectivity index (χ1n) is 16.9. The fourth-order valence-corrected chi connectivity index (χ4v) is 8.37. The van der Waals surface area contributed by atoms with Crippen LogP contribution >= 0.6 is 0 Å². The molecule has 222 valence electrons. The zero-order valence-electron chi connectivity index (χ0n) is 26.2. The molecule has 2 aliphatic rings. The van der Waals surface area contributed by atoms with Crippen molar-refractivity contribution in [1.82, 2.24) is 0 Å². The van der Waals surface area contributed by atoms with Crippen LogP contribution in [0.4, 0.5) is 17.1 Å². The lowest BCUT2D eigenvalue weighted by Crippen LogP contribution is -2.17. The summed E-state index contributed by atoms with van der Waals surface area (Å²) in [7, 11) is 0. The molecule has 10 rings (SSSR count). The van der Waals surface area contributed by atoms with E-state index in [-0.39, 0.29) is 0 Å². The van der Waals surface area contributed by atoms with E-state index in [9.17, 15) is 0 Å². The first kappa shape index (κ1) is 26.5. The van der Waals surface area contributed by atoms with Crippen molar-refractivity contribution in [3.05, 3.63) is 174 Å². The van der Waals surface area contributed by atoms with Crippen LogP contribution in [0.3, 0.4) is 0 Å². The normalized spacial score (nSPS) is 13.2. The SMILES string of the molecule is c1ccc(N(c2cc3c4c(c2)CCc2cc(-c5ccc6ccccc6c5)cc(c2-4)CC3)c2cc3ccccc3c3ccccc23)cc1. The van der Waals surface area contributed by atoms with Gasteiger partial charge in [-0.1, -0.05) is 115 Å². The van der Waals surface area contributed by atoms with Crippen molar-refractivity contribution in [1.29, 1.82) is 0 Å². The Labute approximate surface area is 275 Å². The Morgan fingerprint density at radius 3 is 1.60 bits per heavy atom. The summed E-state index contributed by atoms with van der Waals surface area (Å²) in [5.41, 5.74) is 15.3. The molecular weight excluding hydrogens is 567 g/mol. The van der Waals surface area contributed by atoms with E-state index < -0.39 is 0 Å². The number of benzene rings is 8. The average Bonchev–Trinajstić information content (AvgIpc) is 3.14. The molecule has 47 heavy (non-hydrogen) atoms. The van der Waals surface area contributed by atoms with E-state index in [1.165, 1.54) is 93.9 Å². The van der Waals surface area contributed by atoms with E-state index in [2.05, 4.69) is 157 Å². The van der Waals surface area contributed by atoms with Crippen LogP contribution in [0.1, 0.15) is 22.3 Å². The molecule has 8 aromatic rings. The standard InChI is InChI=1S/C46H33N/c1-2-13-39(14-3-1)47(44-29-33-12-6-7-15-41(33)42-16-8-9-17-43(42)44)40-27-36-22-20-34-25-38(26-35-21-23-37(28-40)46(36)45(34)35)32-19-18-30-10-4-5-11-31(30)24-32/h1-19,24-29H,20-23H2. The fraction of sp³-hybridized carbons (Fsp3) is 0.0870. The first-order chi connectivity index (χ1) is 23.3. The van der Waals surface area contributed by atoms with E-state index in [1.807, 2.05) is 0 Å². The van der Waals surface area contributed by atoms with Crippen LogP contribution in [0.2, 0.25) is 0 Å². The van der Waals surface area contributed by atoms with Crippen LogP contribution < -0.4 is 4.90 Å². The number of aryl methyl sites for hydroxylation is 4. The van der Waals surface area contributed by atoms with Crippen LogP contribution in [-0.2, 0) is 25.7 Å². The summed E-state index contributed by atoms with van der Waals surface area (Å²) in [5, 5.41) is 7.73. The predicted molar refractivity (Wildman–Crippen MR) is 199 cm³/mol. The summed E-state index contributed by atoms with van der Waals surface area (Å²) < 4.78 is 0. The number of rotatable bonds is 4. The van der Waals surface area contributed by atoms with Gasteiger partial charge in [0, 0.05) is 16.8 Å². The molecule has 0 spiro atoms. The molecule has 2 aliphatic carbocycles. The van der Waals surface area contributed by atoms with Gasteiger partial charge in [0.1, 0.15) is 0 Å². The maximum absolute atomic E-state index is 2.50. The van der Waals surface area contributed by atoms with E-state index in [4.69, 9.17) is 0 Å². The summed E-state index contributed by atoms with van der Waals surface area (Å²) in [5.74, 6) is 0. The van der Waals surface area contributed by atoms with Crippen molar-refractivity contribution in [3.8, 4) is 22.3 Å². The molecule has 0 heterocycles. The van der Waals surface area contributed by atoms with Gasteiger partial charge in [-0.25, -0.2) is 0 Å². The third-order valence-corrected chi connectivity index (χ3v) is 10.5. The van der Waals surface area contributed by atoms with Crippen LogP contribution in [0.25, 0.3) is 54.6 Å². The van der Waals surface area contributed by atoms with Gasteiger partial charge >= 0.3 is 0 Å². The van der Waals surface area contributed by atoms with Gasteiger partial charge in [-0.15, -0.1) is 0 Å². The molecule has 8 aromatic carbocycles. The third kappa shape index (κ3) is 4.23. The van der Waals surface area contributed by atoms with Gasteiger partial charge in [-0.3, -0.25) is 0 Å². The summed E-state index contributed by atoms with van der Waals surface area (Å²) in [6.07, 6.45) is 4.27. The predicted octanol–water partition coefficient (Wildman–Crippen LogP) is 12.1. The van der Waals surface area contributed by atoms with E-state index in [0.29, 0.717) is 0 Å². The van der Waals surface area contributed by atoms with Gasteiger partial charge in [0.15, 0.2) is 0 Å². The highest BCUT2D eigenvalue weighted by Crippen LogP contribution is 2.48. The zero-order valence-corrected chi connectivity index (χ0v) is 26.2. The Kier molecular flexibility index (Phi) is 5.90. The average molecular weight is 600 g/mol. The molecule has 0 N–H and O–H groups in total. The van der Waals surface area contributed by atoms with E-state index in [1.54, 1.807) is 0 Å². The molecule has 0 bridgehead atoms. The second-order valence-corrected chi connectivity index (χ2v) is 13.2. The van der Waals surface area contributed by atoms with Crippen LogP contribution in [0.15, 0.2) is 152 Å². The van der Waals surface area contributed by atoms with Gasteiger partial charge in [0.25, 0.3) is 0 Å². The second-order valence-electron chi connectivity index (χ2n) is 13.2. The molecule has 1 heteroatoms. The van der Waals surface area contributed by atoms with Gasteiger partial charge in [0.05, 0.1) is 5.69 Å². The molecule has 0 unspecified atom stereocenters. The van der Waals surface area contributed by atoms with Gasteiger partial charge < -0.3 is 4.90 Å². The smallest absolute Gasteiger partial charge is 0.0546 e. The Bertz CT molecular complexity index is 2470. The van der Waals surface area contributed by atoms with Crippen LogP contribution in [-0.4, -0.2) is 0 Å². The molecule has 0 amide bonds. The maximum Gasteiger partial charge on any atom is 0.0546 e. The number of para-hydroxylation sites is 1. The van der Waals surface area contributed by atoms with E-state index >= 15 is 0 Å². The summed E-state index contributed by atoms with van der Waals surface area (Å²) in [6.45, 7) is 0. The van der Waals surface area contributed by atoms with Gasteiger partial charge in [0.2, 0.25) is 0 Å². The number of hydrogen-bond acceptors (Lipinski definition) is 1. The lowest BCUT2D eigenvalue weighted by Gasteiger charge is -2.33. The maximum atomic E-state index is 2.50. The molecule has 0 saturated carbocycles. The van der Waals surface area contributed by atoms with Crippen molar-refractivity contribution in [2.75, 3.05) is 4.90 Å². The zero-order chi connectivity index (χ0) is 30.9. The van der Waals surface area contributed by atoms with Crippen LogP contribution in [0, 0.1) is 0 Å². The van der Waals surface area contributed by atoms with Crippen molar-refractivity contribution >= 4 is 49.4 Å². The quantitative estimate of drug-likeness (QED) is 0.182. The molecule has 0 atom stereocenters. The second kappa shape index (κ2) is 10.4. The van der Waals surface area contributed by atoms with Gasteiger partial charge in [-0.05, 0) is 134 Å². The summed E-state index contributed by atoms with van der Waals surface area (Å²) in [6, 6.07) is 56.5. The highest BCUT2D eigenvalue weighted by Gasteiger charge is 2.29. The van der Waals surface area contributed by atoms with Crippen molar-refractivity contribution in [2.45, 2.75) is 25.7 Å². The summed E-state index contributed by atoms with van der Waals surface area (Å²) >= 11 is 0. The Morgan fingerprint density at radius 2 is 0.894 bits per heavy atom. The molecule has 0 aromatic heterocycles. The molecule has 1 nitrogen and oxygen atoms in total. The minimum Gasteiger partial charge on any atom is -0.310 e. The highest BCUT2D eigenvalue weighted by atomic mass is 15.1. The largest absolute Gasteiger partial charge is 0.310 e. The van der Waals surface area contributed by atoms with Crippen molar-refractivity contribution in [2.24, 2.45) is 0 Å². The molecule has 0 radical (unpaired) electrons. The molecule has 0 aliphatic heterocycles. The number of fused-ring (bicyclic) bond motifs is 4. The fourth-order valence-electron chi connectivity index (χ4n) is 8.37.